The highest BCUT2D eigenvalue weighted by Crippen LogP contribution is 1.76. The van der Waals surface area contributed by atoms with Gasteiger partial charge >= 0.3 is 0 Å². The molecule has 0 radical (unpaired) electrons. The van der Waals surface area contributed by atoms with Crippen molar-refractivity contribution in [2.75, 3.05) is 0 Å². The van der Waals surface area contributed by atoms with Crippen LogP contribution < -0.4 is 0 Å². The molecule has 0 nitrogen and oxygen atoms in total. The smallest absolute Gasteiger partial charge is 0.151 e. The summed E-state index contributed by atoms with van der Waals surface area (Å²) in [5.41, 5.74) is 0. The van der Waals surface area contributed by atoms with E-state index >= 15 is 0 Å². The van der Waals surface area contributed by atoms with Crippen LogP contribution in [0.5, 0.6) is 0 Å². The predicted molar refractivity (Wildman–Crippen MR) is 55.9 cm³/mol. The van der Waals surface area contributed by atoms with Gasteiger partial charge in [0.05, 0.1) is 0 Å². The Labute approximate surface area is 64.3 Å². The number of hydrogen-bond donors (Lipinski definition) is 0. The molecule has 0 aliphatic rings. The van der Waals surface area contributed by atoms with Crippen molar-refractivity contribution in [1.29, 1.82) is 0 Å². The zero-order valence-corrected chi connectivity index (χ0v) is 4.28. The van der Waals surface area contributed by atoms with Crippen LogP contribution >= 0.6 is 0 Å². The third-order valence-corrected chi connectivity index (χ3v) is 0.816. The van der Waals surface area contributed by atoms with Crippen LogP contribution in [0.3, 0.4) is 0 Å². The number of rotatable bonds is 2. The summed E-state index contributed by atoms with van der Waals surface area (Å²) in [6.07, 6.45) is 3.65. The minimum absolute atomic E-state index is 0. The van der Waals surface area contributed by atoms with Crippen LogP contribution in [0.15, 0.2) is 0 Å². The fourth-order valence-electron chi connectivity index (χ4n) is 0.408. The van der Waals surface area contributed by atoms with Crippen LogP contribution in [0.4, 0.5) is 0 Å². The predicted octanol–water partition coefficient (Wildman–Crippen LogP) is 3.32. The van der Waals surface area contributed by atoms with Gasteiger partial charge in [-0.2, -0.15) is 6.82 Å². The van der Waals surface area contributed by atoms with Crippen LogP contribution in [0.25, 0.3) is 0 Å². The molecule has 62 valence electrons. The topological polar surface area (TPSA) is 0 Å². The average Bonchev–Trinajstić information content (AvgIpc) is 1.41. The minimum atomic E-state index is 0. The summed E-state index contributed by atoms with van der Waals surface area (Å²) < 4.78 is 0. The first kappa shape index (κ1) is 36.3. The van der Waals surface area contributed by atoms with Crippen LogP contribution in [0.2, 0.25) is 6.82 Å². The second kappa shape index (κ2) is 44.3. The van der Waals surface area contributed by atoms with Crippen molar-refractivity contribution in [1.82, 2.24) is 0 Å². The third-order valence-electron chi connectivity index (χ3n) is 0.816. The number of hydrogen-bond acceptors (Lipinski definition) is 0. The first-order valence-corrected chi connectivity index (χ1v) is 2.69. The Hall–Kier alpha value is -0.0651. The molecule has 0 spiro atoms. The van der Waals surface area contributed by atoms with Gasteiger partial charge in [-0.3, -0.25) is 0 Å². The van der Waals surface area contributed by atoms with Crippen molar-refractivity contribution < 1.29 is 0 Å². The molecule has 0 heterocycles. The van der Waals surface area contributed by atoms with Gasteiger partial charge in [0.25, 0.3) is 0 Å². The summed E-state index contributed by atoms with van der Waals surface area (Å²) in [5.74, 6) is 0. The fraction of sp³-hybridized carbons (Fsp3) is 0.875. The van der Waals surface area contributed by atoms with Crippen molar-refractivity contribution in [2.24, 2.45) is 0 Å². The Morgan fingerprint density at radius 1 is 1.11 bits per heavy atom. The van der Waals surface area contributed by atoms with Crippen LogP contribution in [-0.4, -0.2) is 7.28 Å². The first-order valence-electron chi connectivity index (χ1n) is 2.69. The highest BCUT2D eigenvalue weighted by Gasteiger charge is 1.73. The molecule has 0 aliphatic carbocycles. The van der Waals surface area contributed by atoms with E-state index in [1.165, 1.54) is 6.42 Å². The molecule has 0 fully saturated rings. The lowest BCUT2D eigenvalue weighted by Gasteiger charge is -1.74. The zero-order valence-electron chi connectivity index (χ0n) is 4.28. The van der Waals surface area contributed by atoms with Crippen molar-refractivity contribution in [2.45, 2.75) is 49.9 Å². The Morgan fingerprint density at radius 2 is 1.44 bits per heavy atom. The maximum atomic E-state index is 2.38. The molecule has 0 N–H and O–H groups in total. The molecule has 0 rings (SSSR count). The molecule has 0 aromatic rings. The molecule has 0 unspecified atom stereocenters. The Balaban J connectivity index is -0.0000000133. The van der Waals surface area contributed by atoms with Crippen LogP contribution in [-0.2, 0) is 0 Å². The van der Waals surface area contributed by atoms with Gasteiger partial charge in [-0.25, -0.2) is 0 Å². The van der Waals surface area contributed by atoms with Gasteiger partial charge in [0.1, 0.15) is 0 Å². The summed E-state index contributed by atoms with van der Waals surface area (Å²) in [4.78, 5) is 0. The van der Waals surface area contributed by atoms with Gasteiger partial charge in [-0.15, -0.1) is 6.32 Å². The maximum absolute atomic E-state index is 2.38. The average molecular weight is 134 g/mol. The third kappa shape index (κ3) is 74.7. The molecule has 9 heavy (non-hydrogen) atoms. The van der Waals surface area contributed by atoms with Crippen molar-refractivity contribution >= 4 is 7.28 Å². The monoisotopic (exact) mass is 134 g/mol. The molecular formula is C8H27B. The normalized spacial score (nSPS) is 4.22. The second-order valence-electron chi connectivity index (χ2n) is 1.39. The highest BCUT2D eigenvalue weighted by atomic mass is 13.6. The minimum Gasteiger partial charge on any atom is -0.151 e. The van der Waals surface area contributed by atoms with E-state index in [9.17, 15) is 0 Å². The molecule has 1 heteroatoms. The van der Waals surface area contributed by atoms with E-state index in [1.807, 2.05) is 0 Å². The van der Waals surface area contributed by atoms with Gasteiger partial charge in [0.2, 0.25) is 0 Å². The SMILES string of the molecule is C.C.C.C.C[BH2-][CH+]CC. The van der Waals surface area contributed by atoms with Gasteiger partial charge in [-0.1, -0.05) is 29.7 Å². The van der Waals surface area contributed by atoms with E-state index in [1.54, 1.807) is 0 Å². The molecule has 0 bridgehead atoms. The summed E-state index contributed by atoms with van der Waals surface area (Å²) in [5, 5.41) is 0. The largest absolute Gasteiger partial charge is 0.166 e. The lowest BCUT2D eigenvalue weighted by Crippen LogP contribution is -1.77. The summed E-state index contributed by atoms with van der Waals surface area (Å²) in [6, 6.07) is 0. The molecule has 0 saturated heterocycles. The molecular weight excluding hydrogens is 107 g/mol. The maximum Gasteiger partial charge on any atom is 0.166 e. The second-order valence-corrected chi connectivity index (χ2v) is 1.39. The molecule has 0 aromatic carbocycles. The lowest BCUT2D eigenvalue weighted by molar-refractivity contribution is 1.19. The van der Waals surface area contributed by atoms with E-state index in [4.69, 9.17) is 0 Å². The van der Waals surface area contributed by atoms with E-state index in [0.29, 0.717) is 7.28 Å². The first-order chi connectivity index (χ1) is 2.41. The van der Waals surface area contributed by atoms with Gasteiger partial charge in [0, 0.05) is 6.42 Å². The van der Waals surface area contributed by atoms with E-state index in [-0.39, 0.29) is 29.7 Å². The van der Waals surface area contributed by atoms with Crippen molar-refractivity contribution in [3.63, 3.8) is 0 Å². The summed E-state index contributed by atoms with van der Waals surface area (Å²) in [7, 11) is 0.382. The highest BCUT2D eigenvalue weighted by molar-refractivity contribution is 6.38. The molecule has 0 aromatic heterocycles. The molecule has 0 saturated carbocycles. The quantitative estimate of drug-likeness (QED) is 0.401. The van der Waals surface area contributed by atoms with E-state index < -0.39 is 0 Å². The van der Waals surface area contributed by atoms with E-state index in [2.05, 4.69) is 20.1 Å². The molecule has 0 atom stereocenters. The molecule has 0 amide bonds. The lowest BCUT2D eigenvalue weighted by atomic mass is 9.77. The van der Waals surface area contributed by atoms with Crippen molar-refractivity contribution in [3.8, 4) is 0 Å². The zero-order chi connectivity index (χ0) is 4.12. The fourth-order valence-corrected chi connectivity index (χ4v) is 0.408. The van der Waals surface area contributed by atoms with Gasteiger partial charge in [-0.05, 0) is 6.92 Å². The standard InChI is InChI=1S/C4H11B.4CH4/c1-3-4-5-2;;;;/h4H,3,5H2,1-2H3;4*1H4. The Bertz CT molecular complexity index is 12.0. The molecule has 0 aliphatic heterocycles. The van der Waals surface area contributed by atoms with Crippen LogP contribution in [0, 0.1) is 6.32 Å². The van der Waals surface area contributed by atoms with Gasteiger partial charge < -0.3 is 0 Å². The summed E-state index contributed by atoms with van der Waals surface area (Å²) in [6.45, 7) is 4.47. The van der Waals surface area contributed by atoms with Crippen molar-refractivity contribution in [3.05, 3.63) is 6.32 Å². The van der Waals surface area contributed by atoms with Gasteiger partial charge in [0.15, 0.2) is 7.28 Å². The Kier molecular flexibility index (Phi) is 179. The summed E-state index contributed by atoms with van der Waals surface area (Å²) >= 11 is 0. The van der Waals surface area contributed by atoms with Crippen LogP contribution in [0.1, 0.15) is 43.1 Å². The van der Waals surface area contributed by atoms with E-state index in [0.717, 1.165) is 0 Å². The Morgan fingerprint density at radius 3 is 1.44 bits per heavy atom.